The van der Waals surface area contributed by atoms with Gasteiger partial charge in [-0.1, -0.05) is 13.8 Å². The first kappa shape index (κ1) is 18.7. The highest BCUT2D eigenvalue weighted by Crippen LogP contribution is 2.23. The second-order valence-corrected chi connectivity index (χ2v) is 7.71. The Labute approximate surface area is 154 Å². The Balaban J connectivity index is 1.51. The van der Waals surface area contributed by atoms with Crippen LogP contribution in [0.3, 0.4) is 0 Å². The van der Waals surface area contributed by atoms with E-state index in [0.717, 1.165) is 31.7 Å². The molecule has 0 spiro atoms. The molecule has 1 aromatic carbocycles. The molecule has 2 aliphatic rings. The zero-order valence-electron chi connectivity index (χ0n) is 15.7. The van der Waals surface area contributed by atoms with Crippen molar-refractivity contribution < 1.29 is 14.0 Å². The van der Waals surface area contributed by atoms with E-state index < -0.39 is 0 Å². The molecule has 2 aliphatic heterocycles. The average Bonchev–Trinajstić information content (AvgIpc) is 3.01. The van der Waals surface area contributed by atoms with Gasteiger partial charge in [-0.3, -0.25) is 9.59 Å². The number of piperazine rings is 1. The van der Waals surface area contributed by atoms with E-state index in [1.807, 2.05) is 9.80 Å². The first-order chi connectivity index (χ1) is 12.4. The normalized spacial score (nSPS) is 21.0. The Morgan fingerprint density at radius 3 is 2.42 bits per heavy atom. The summed E-state index contributed by atoms with van der Waals surface area (Å²) in [6.45, 7) is 8.35. The van der Waals surface area contributed by atoms with Crippen LogP contribution in [-0.2, 0) is 9.59 Å². The van der Waals surface area contributed by atoms with Crippen LogP contribution in [0.5, 0.6) is 0 Å². The fourth-order valence-electron chi connectivity index (χ4n) is 3.66. The van der Waals surface area contributed by atoms with Crippen LogP contribution in [-0.4, -0.2) is 60.9 Å². The molecule has 6 heteroatoms. The molecule has 2 saturated heterocycles. The Morgan fingerprint density at radius 2 is 1.81 bits per heavy atom. The highest BCUT2D eigenvalue weighted by atomic mass is 19.1. The minimum absolute atomic E-state index is 0.101. The van der Waals surface area contributed by atoms with E-state index in [0.29, 0.717) is 32.0 Å². The van der Waals surface area contributed by atoms with E-state index >= 15 is 0 Å². The van der Waals surface area contributed by atoms with Gasteiger partial charge in [0.15, 0.2) is 0 Å². The molecule has 2 heterocycles. The highest BCUT2D eigenvalue weighted by Gasteiger charge is 2.37. The van der Waals surface area contributed by atoms with Crippen LogP contribution in [0.1, 0.15) is 26.7 Å². The number of carbonyl (C=O) groups excluding carboxylic acids is 2. The fourth-order valence-corrected chi connectivity index (χ4v) is 3.66. The van der Waals surface area contributed by atoms with Crippen LogP contribution in [0.25, 0.3) is 0 Å². The van der Waals surface area contributed by atoms with Crippen LogP contribution in [0, 0.1) is 17.7 Å². The van der Waals surface area contributed by atoms with Crippen molar-refractivity contribution in [2.45, 2.75) is 26.7 Å². The van der Waals surface area contributed by atoms with Crippen molar-refractivity contribution in [2.24, 2.45) is 11.8 Å². The summed E-state index contributed by atoms with van der Waals surface area (Å²) in [7, 11) is 0. The second-order valence-electron chi connectivity index (χ2n) is 7.71. The predicted octanol–water partition coefficient (Wildman–Crippen LogP) is 2.37. The molecule has 1 atom stereocenters. The van der Waals surface area contributed by atoms with E-state index in [1.54, 1.807) is 12.1 Å². The zero-order chi connectivity index (χ0) is 18.7. The topological polar surface area (TPSA) is 43.9 Å². The number of carbonyl (C=O) groups is 2. The predicted molar refractivity (Wildman–Crippen MR) is 99.3 cm³/mol. The molecule has 0 bridgehead atoms. The van der Waals surface area contributed by atoms with Gasteiger partial charge >= 0.3 is 0 Å². The van der Waals surface area contributed by atoms with E-state index in [-0.39, 0.29) is 23.5 Å². The van der Waals surface area contributed by atoms with Gasteiger partial charge in [0.2, 0.25) is 11.8 Å². The molecule has 0 unspecified atom stereocenters. The third kappa shape index (κ3) is 4.34. The molecular weight excluding hydrogens is 333 g/mol. The summed E-state index contributed by atoms with van der Waals surface area (Å²) in [4.78, 5) is 30.8. The lowest BCUT2D eigenvalue weighted by atomic mass is 10.1. The van der Waals surface area contributed by atoms with Crippen molar-refractivity contribution in [1.29, 1.82) is 0 Å². The molecular formula is C20H28FN3O2. The Morgan fingerprint density at radius 1 is 1.15 bits per heavy atom. The fraction of sp³-hybridized carbons (Fsp3) is 0.600. The zero-order valence-corrected chi connectivity index (χ0v) is 15.7. The summed E-state index contributed by atoms with van der Waals surface area (Å²) >= 11 is 0. The molecule has 2 fully saturated rings. The monoisotopic (exact) mass is 361 g/mol. The summed E-state index contributed by atoms with van der Waals surface area (Å²) in [6.07, 6.45) is 1.32. The number of nitrogens with zero attached hydrogens (tertiary/aromatic N) is 3. The number of hydrogen-bond acceptors (Lipinski definition) is 3. The maximum absolute atomic E-state index is 13.1. The second kappa shape index (κ2) is 8.06. The van der Waals surface area contributed by atoms with E-state index in [9.17, 15) is 14.0 Å². The number of likely N-dealkylation sites (tertiary alicyclic amines) is 1. The van der Waals surface area contributed by atoms with Crippen LogP contribution in [0.15, 0.2) is 24.3 Å². The van der Waals surface area contributed by atoms with Gasteiger partial charge in [-0.05, 0) is 36.6 Å². The number of rotatable bonds is 5. The van der Waals surface area contributed by atoms with E-state index in [1.165, 1.54) is 12.1 Å². The van der Waals surface area contributed by atoms with Crippen molar-refractivity contribution in [3.63, 3.8) is 0 Å². The minimum Gasteiger partial charge on any atom is -0.368 e. The van der Waals surface area contributed by atoms with Crippen molar-refractivity contribution >= 4 is 17.5 Å². The maximum Gasteiger partial charge on any atom is 0.228 e. The minimum atomic E-state index is -0.240. The van der Waals surface area contributed by atoms with Crippen molar-refractivity contribution in [2.75, 3.05) is 44.2 Å². The van der Waals surface area contributed by atoms with Gasteiger partial charge in [-0.2, -0.15) is 0 Å². The van der Waals surface area contributed by atoms with Gasteiger partial charge in [0.05, 0.1) is 5.92 Å². The average molecular weight is 361 g/mol. The van der Waals surface area contributed by atoms with Gasteiger partial charge in [0.25, 0.3) is 0 Å². The summed E-state index contributed by atoms with van der Waals surface area (Å²) in [6, 6.07) is 6.47. The quantitative estimate of drug-likeness (QED) is 0.809. The Hall–Kier alpha value is -2.11. The molecule has 0 saturated carbocycles. The number of anilines is 1. The van der Waals surface area contributed by atoms with Gasteiger partial charge in [-0.15, -0.1) is 0 Å². The summed E-state index contributed by atoms with van der Waals surface area (Å²) in [5, 5.41) is 0. The van der Waals surface area contributed by atoms with Crippen LogP contribution >= 0.6 is 0 Å². The maximum atomic E-state index is 13.1. The molecule has 142 valence electrons. The smallest absolute Gasteiger partial charge is 0.228 e. The first-order valence-electron chi connectivity index (χ1n) is 9.51. The molecule has 0 N–H and O–H groups in total. The first-order valence-corrected chi connectivity index (χ1v) is 9.51. The van der Waals surface area contributed by atoms with Crippen molar-refractivity contribution in [3.05, 3.63) is 30.1 Å². The van der Waals surface area contributed by atoms with E-state index in [2.05, 4.69) is 18.7 Å². The molecule has 1 aromatic rings. The summed E-state index contributed by atoms with van der Waals surface area (Å²) in [5.41, 5.74) is 0.981. The lowest BCUT2D eigenvalue weighted by Crippen LogP contribution is -2.50. The standard InChI is InChI=1S/C20H28FN3O2/c1-15(2)7-8-24-14-16(13-19(24)25)20(26)23-11-9-22(10-12-23)18-5-3-17(21)4-6-18/h3-6,15-16H,7-14H2,1-2H3/t16-/m0/s1. The third-order valence-corrected chi connectivity index (χ3v) is 5.32. The Kier molecular flexibility index (Phi) is 5.79. The lowest BCUT2D eigenvalue weighted by molar-refractivity contribution is -0.136. The number of amides is 2. The van der Waals surface area contributed by atoms with Gasteiger partial charge in [-0.25, -0.2) is 4.39 Å². The van der Waals surface area contributed by atoms with Crippen LogP contribution in [0.4, 0.5) is 10.1 Å². The SMILES string of the molecule is CC(C)CCN1C[C@@H](C(=O)N2CCN(c3ccc(F)cc3)CC2)CC1=O. The molecule has 26 heavy (non-hydrogen) atoms. The number of hydrogen-bond donors (Lipinski definition) is 0. The molecule has 0 radical (unpaired) electrons. The van der Waals surface area contributed by atoms with Gasteiger partial charge in [0, 0.05) is 51.4 Å². The Bertz CT molecular complexity index is 639. The summed E-state index contributed by atoms with van der Waals surface area (Å²) in [5.74, 6) is 0.317. The molecule has 5 nitrogen and oxygen atoms in total. The number of halogens is 1. The van der Waals surface area contributed by atoms with Gasteiger partial charge in [0.1, 0.15) is 5.82 Å². The molecule has 3 rings (SSSR count). The van der Waals surface area contributed by atoms with Crippen LogP contribution in [0.2, 0.25) is 0 Å². The molecule has 0 aliphatic carbocycles. The largest absolute Gasteiger partial charge is 0.368 e. The molecule has 2 amide bonds. The van der Waals surface area contributed by atoms with Crippen LogP contribution < -0.4 is 4.90 Å². The highest BCUT2D eigenvalue weighted by molar-refractivity contribution is 5.89. The third-order valence-electron chi connectivity index (χ3n) is 5.32. The van der Waals surface area contributed by atoms with Gasteiger partial charge < -0.3 is 14.7 Å². The van der Waals surface area contributed by atoms with E-state index in [4.69, 9.17) is 0 Å². The van der Waals surface area contributed by atoms with Crippen molar-refractivity contribution in [3.8, 4) is 0 Å². The summed E-state index contributed by atoms with van der Waals surface area (Å²) < 4.78 is 13.1. The molecule has 0 aromatic heterocycles. The lowest BCUT2D eigenvalue weighted by Gasteiger charge is -2.37. The van der Waals surface area contributed by atoms with Crippen molar-refractivity contribution in [1.82, 2.24) is 9.80 Å². The number of benzene rings is 1.